The first-order valence-electron chi connectivity index (χ1n) is 8.27. The van der Waals surface area contributed by atoms with Crippen molar-refractivity contribution in [2.24, 2.45) is 0 Å². The van der Waals surface area contributed by atoms with Gasteiger partial charge in [-0.3, -0.25) is 0 Å². The van der Waals surface area contributed by atoms with Gasteiger partial charge in [0, 0.05) is 30.7 Å². The molecule has 2 rings (SSSR count). The maximum atomic E-state index is 12.9. The summed E-state index contributed by atoms with van der Waals surface area (Å²) in [5, 5.41) is 19.3. The molecule has 2 N–H and O–H groups in total. The summed E-state index contributed by atoms with van der Waals surface area (Å²) in [6, 6.07) is 10.1. The summed E-state index contributed by atoms with van der Waals surface area (Å²) in [4.78, 5) is 0.0554. The van der Waals surface area contributed by atoms with Gasteiger partial charge in [0.05, 0.1) is 18.1 Å². The molecule has 0 unspecified atom stereocenters. The van der Waals surface area contributed by atoms with Crippen LogP contribution in [0.2, 0.25) is 0 Å². The van der Waals surface area contributed by atoms with E-state index in [1.165, 1.54) is 12.1 Å². The lowest BCUT2D eigenvalue weighted by Gasteiger charge is -2.38. The van der Waals surface area contributed by atoms with Crippen molar-refractivity contribution in [3.8, 4) is 0 Å². The lowest BCUT2D eigenvalue weighted by atomic mass is 10.2. The highest BCUT2D eigenvalue weighted by atomic mass is 79.9. The zero-order valence-corrected chi connectivity index (χ0v) is 21.5. The predicted molar refractivity (Wildman–Crippen MR) is 124 cm³/mol. The smallest absolute Gasteiger partial charge is 0.306 e. The molecule has 5 nitrogen and oxygen atoms in total. The highest BCUT2D eigenvalue weighted by Gasteiger charge is 2.33. The molecule has 0 spiro atoms. The van der Waals surface area contributed by atoms with Gasteiger partial charge >= 0.3 is 10.1 Å². The maximum Gasteiger partial charge on any atom is 0.306 e. The van der Waals surface area contributed by atoms with E-state index in [4.69, 9.17) is 3.63 Å². The highest BCUT2D eigenvalue weighted by Crippen LogP contribution is 2.55. The van der Waals surface area contributed by atoms with Gasteiger partial charge in [0.15, 0.2) is 0 Å². The van der Waals surface area contributed by atoms with E-state index in [0.29, 0.717) is 0 Å². The first-order chi connectivity index (χ1) is 13.1. The molecular formula is C18H21Br3O5S2. The van der Waals surface area contributed by atoms with Crippen LogP contribution in [0.25, 0.3) is 0 Å². The quantitative estimate of drug-likeness (QED) is 0.417. The third kappa shape index (κ3) is 6.28. The number of aliphatic hydroxyl groups is 2. The number of rotatable bonds is 9. The Morgan fingerprint density at radius 3 is 1.89 bits per heavy atom. The molecule has 2 aromatic carbocycles. The summed E-state index contributed by atoms with van der Waals surface area (Å²) in [7, 11) is -6.44. The molecule has 10 heteroatoms. The summed E-state index contributed by atoms with van der Waals surface area (Å²) in [5.74, 6) is 0.523. The third-order valence-corrected chi connectivity index (χ3v) is 11.2. The van der Waals surface area contributed by atoms with Crippen LogP contribution in [0.4, 0.5) is 0 Å². The Kier molecular flexibility index (Phi) is 9.03. The van der Waals surface area contributed by atoms with Gasteiger partial charge in [-0.05, 0) is 36.8 Å². The van der Waals surface area contributed by atoms with E-state index in [-0.39, 0.29) is 35.4 Å². The Hall–Kier alpha value is 0.0600. The number of aryl methyl sites for hydroxylation is 1. The molecule has 0 atom stereocenters. The Balaban J connectivity index is 2.47. The van der Waals surface area contributed by atoms with Gasteiger partial charge in [0.1, 0.15) is 0 Å². The summed E-state index contributed by atoms with van der Waals surface area (Å²) in [6.07, 6.45) is 0. The van der Waals surface area contributed by atoms with Crippen LogP contribution in [-0.2, 0) is 19.5 Å². The molecule has 0 saturated carbocycles. The first kappa shape index (κ1) is 24.3. The van der Waals surface area contributed by atoms with Gasteiger partial charge in [-0.25, -0.2) is 3.63 Å². The van der Waals surface area contributed by atoms with Crippen LogP contribution in [0, 0.1) is 6.92 Å². The van der Waals surface area contributed by atoms with E-state index in [0.717, 1.165) is 24.5 Å². The SMILES string of the molecule is Cc1ccc(S(=O)(=O)OS(CCO)(CCO)Cc2c(Br)cc(Br)cc2Br)cc1. The minimum Gasteiger partial charge on any atom is -0.395 e. The highest BCUT2D eigenvalue weighted by molar-refractivity contribution is 9.11. The van der Waals surface area contributed by atoms with Crippen molar-refractivity contribution >= 4 is 68.2 Å². The van der Waals surface area contributed by atoms with E-state index < -0.39 is 20.4 Å². The van der Waals surface area contributed by atoms with E-state index in [1.807, 2.05) is 19.1 Å². The summed E-state index contributed by atoms with van der Waals surface area (Å²) in [5.41, 5.74) is 1.75. The van der Waals surface area contributed by atoms with Gasteiger partial charge in [-0.15, -0.1) is 10.3 Å². The minimum atomic E-state index is -4.06. The monoisotopic (exact) mass is 618 g/mol. The fourth-order valence-electron chi connectivity index (χ4n) is 2.58. The van der Waals surface area contributed by atoms with Crippen LogP contribution >= 0.6 is 58.1 Å². The topological polar surface area (TPSA) is 83.8 Å². The van der Waals surface area contributed by atoms with Gasteiger partial charge in [-0.1, -0.05) is 65.5 Å². The van der Waals surface area contributed by atoms with Crippen LogP contribution in [0.5, 0.6) is 0 Å². The normalized spacial score (nSPS) is 12.9. The summed E-state index contributed by atoms with van der Waals surface area (Å²) in [6.45, 7) is 1.38. The molecule has 0 amide bonds. The van der Waals surface area contributed by atoms with Crippen molar-refractivity contribution in [1.29, 1.82) is 0 Å². The molecule has 0 aliphatic heterocycles. The van der Waals surface area contributed by atoms with Crippen molar-refractivity contribution in [1.82, 2.24) is 0 Å². The second-order valence-electron chi connectivity index (χ2n) is 6.15. The fraction of sp³-hybridized carbons (Fsp3) is 0.333. The molecular weight excluding hydrogens is 600 g/mol. The molecule has 2 aromatic rings. The fourth-order valence-corrected chi connectivity index (χ4v) is 10.5. The van der Waals surface area contributed by atoms with Crippen LogP contribution in [-0.4, -0.2) is 43.4 Å². The number of halogens is 3. The summed E-state index contributed by atoms with van der Waals surface area (Å²) < 4.78 is 34.0. The first-order valence-corrected chi connectivity index (χ1v) is 14.1. The van der Waals surface area contributed by atoms with Crippen molar-refractivity contribution in [3.63, 3.8) is 0 Å². The zero-order chi connectivity index (χ0) is 20.9. The maximum absolute atomic E-state index is 12.9. The standard InChI is InChI=1S/C18H21Br3O5S2/c1-13-2-4-15(5-3-13)28(24,25)26-27(8-6-22,9-7-23)12-16-17(20)10-14(19)11-18(16)21/h2-5,10-11,22-23H,6-9,12H2,1H3. The number of hydrogen-bond donors (Lipinski definition) is 2. The molecule has 0 aromatic heterocycles. The van der Waals surface area contributed by atoms with Crippen molar-refractivity contribution in [2.45, 2.75) is 17.6 Å². The molecule has 0 aliphatic carbocycles. The van der Waals surface area contributed by atoms with Gasteiger partial charge in [-0.2, -0.15) is 8.42 Å². The Bertz CT molecular complexity index is 888. The van der Waals surface area contributed by atoms with Crippen LogP contribution < -0.4 is 0 Å². The van der Waals surface area contributed by atoms with Crippen LogP contribution in [0.15, 0.2) is 54.7 Å². The molecule has 0 fully saturated rings. The second kappa shape index (κ2) is 10.4. The Morgan fingerprint density at radius 2 is 1.43 bits per heavy atom. The molecule has 0 saturated heterocycles. The van der Waals surface area contributed by atoms with E-state index in [1.54, 1.807) is 12.1 Å². The molecule has 156 valence electrons. The number of benzene rings is 2. The lowest BCUT2D eigenvalue weighted by molar-refractivity contribution is 0.312. The zero-order valence-electron chi connectivity index (χ0n) is 15.1. The number of aliphatic hydroxyl groups excluding tert-OH is 2. The molecule has 28 heavy (non-hydrogen) atoms. The van der Waals surface area contributed by atoms with Gasteiger partial charge in [0.25, 0.3) is 0 Å². The molecule has 0 bridgehead atoms. The molecule has 0 aliphatic rings. The van der Waals surface area contributed by atoms with Gasteiger partial charge in [0.2, 0.25) is 0 Å². The summed E-state index contributed by atoms with van der Waals surface area (Å²) >= 11 is 10.4. The average molecular weight is 621 g/mol. The molecule has 0 heterocycles. The minimum absolute atomic E-state index is 0.0554. The third-order valence-electron chi connectivity index (χ3n) is 3.98. The average Bonchev–Trinajstić information content (AvgIpc) is 2.58. The second-order valence-corrected chi connectivity index (χ2v) is 13.7. The van der Waals surface area contributed by atoms with Crippen molar-refractivity contribution in [3.05, 3.63) is 60.9 Å². The predicted octanol–water partition coefficient (Wildman–Crippen LogP) is 4.89. The van der Waals surface area contributed by atoms with Gasteiger partial charge < -0.3 is 10.2 Å². The van der Waals surface area contributed by atoms with E-state index >= 15 is 0 Å². The van der Waals surface area contributed by atoms with Crippen LogP contribution in [0.1, 0.15) is 11.1 Å². The Labute approximate surface area is 192 Å². The van der Waals surface area contributed by atoms with E-state index in [2.05, 4.69) is 47.8 Å². The molecule has 0 radical (unpaired) electrons. The number of hydrogen-bond acceptors (Lipinski definition) is 5. The lowest BCUT2D eigenvalue weighted by Crippen LogP contribution is -2.23. The van der Waals surface area contributed by atoms with Crippen molar-refractivity contribution < 1.29 is 22.3 Å². The van der Waals surface area contributed by atoms with Crippen molar-refractivity contribution in [2.75, 3.05) is 24.7 Å². The largest absolute Gasteiger partial charge is 0.395 e. The van der Waals surface area contributed by atoms with Crippen LogP contribution in [0.3, 0.4) is 0 Å². The Morgan fingerprint density at radius 1 is 0.929 bits per heavy atom. The van der Waals surface area contributed by atoms with E-state index in [9.17, 15) is 18.6 Å².